The number of nitrogens with one attached hydrogen (secondary N) is 2. The number of hydrogen-bond donors (Lipinski definition) is 2. The number of anilines is 4. The van der Waals surface area contributed by atoms with Crippen molar-refractivity contribution in [3.05, 3.63) is 79.1 Å². The van der Waals surface area contributed by atoms with Crippen LogP contribution in [0, 0.1) is 0 Å². The SMILES string of the molecule is [2H]C([2H])=C([2H])C(=O)Nc1cc(Nc2nccc(-n3cc(CN(C)C)c(-c4ccccc4)n3)n2)c(OC)cc1N1CCOCC1. The molecule has 2 aromatic heterocycles. The third kappa shape index (κ3) is 6.53. The molecule has 1 aliphatic heterocycles. The summed E-state index contributed by atoms with van der Waals surface area (Å²) in [5.74, 6) is 0.421. The van der Waals surface area contributed by atoms with E-state index in [1.54, 1.807) is 29.1 Å². The van der Waals surface area contributed by atoms with Gasteiger partial charge in [-0.1, -0.05) is 36.9 Å². The zero-order valence-corrected chi connectivity index (χ0v) is 23.2. The lowest BCUT2D eigenvalue weighted by atomic mass is 10.1. The van der Waals surface area contributed by atoms with Crippen LogP contribution in [-0.4, -0.2) is 78.1 Å². The van der Waals surface area contributed by atoms with Gasteiger partial charge in [0, 0.05) is 55.3 Å². The normalized spacial score (nSPS) is 14.1. The molecule has 0 bridgehead atoms. The summed E-state index contributed by atoms with van der Waals surface area (Å²) in [6, 6.07) is 14.4. The van der Waals surface area contributed by atoms with Gasteiger partial charge >= 0.3 is 0 Å². The molecule has 41 heavy (non-hydrogen) atoms. The molecule has 0 aliphatic carbocycles. The third-order valence-corrected chi connectivity index (χ3v) is 6.48. The van der Waals surface area contributed by atoms with Gasteiger partial charge in [0.2, 0.25) is 11.9 Å². The van der Waals surface area contributed by atoms with Crippen molar-refractivity contribution in [2.24, 2.45) is 0 Å². The molecule has 2 aromatic carbocycles. The van der Waals surface area contributed by atoms with E-state index in [0.29, 0.717) is 61.5 Å². The first-order valence-corrected chi connectivity index (χ1v) is 13.1. The van der Waals surface area contributed by atoms with Crippen molar-refractivity contribution in [1.82, 2.24) is 24.6 Å². The maximum Gasteiger partial charge on any atom is 0.247 e. The number of benzene rings is 2. The summed E-state index contributed by atoms with van der Waals surface area (Å²) in [4.78, 5) is 25.9. The second-order valence-corrected chi connectivity index (χ2v) is 9.66. The van der Waals surface area contributed by atoms with E-state index in [9.17, 15) is 4.79 Å². The average molecular weight is 558 g/mol. The number of rotatable bonds is 10. The van der Waals surface area contributed by atoms with E-state index in [-0.39, 0.29) is 5.95 Å². The van der Waals surface area contributed by atoms with Crippen LogP contribution >= 0.6 is 0 Å². The minimum atomic E-state index is -0.879. The van der Waals surface area contributed by atoms with Gasteiger partial charge in [0.1, 0.15) is 5.75 Å². The molecule has 1 saturated heterocycles. The third-order valence-electron chi connectivity index (χ3n) is 6.48. The highest BCUT2D eigenvalue weighted by molar-refractivity contribution is 6.02. The molecular formula is C30H34N8O3. The van der Waals surface area contributed by atoms with Crippen LogP contribution in [0.25, 0.3) is 17.1 Å². The van der Waals surface area contributed by atoms with Crippen molar-refractivity contribution in [2.45, 2.75) is 6.54 Å². The van der Waals surface area contributed by atoms with Crippen molar-refractivity contribution in [1.29, 1.82) is 0 Å². The molecule has 1 fully saturated rings. The van der Waals surface area contributed by atoms with Crippen LogP contribution in [0.15, 0.2) is 73.5 Å². The molecule has 4 aromatic rings. The minimum absolute atomic E-state index is 0.267. The van der Waals surface area contributed by atoms with Gasteiger partial charge < -0.3 is 29.9 Å². The molecule has 3 heterocycles. The van der Waals surface area contributed by atoms with Gasteiger partial charge in [-0.05, 0) is 26.2 Å². The Kier molecular flexibility index (Phi) is 7.42. The van der Waals surface area contributed by atoms with Crippen molar-refractivity contribution < 1.29 is 18.4 Å². The van der Waals surface area contributed by atoms with Crippen LogP contribution in [-0.2, 0) is 16.1 Å². The van der Waals surface area contributed by atoms with Gasteiger partial charge in [0.25, 0.3) is 0 Å². The van der Waals surface area contributed by atoms with Gasteiger partial charge in [-0.25, -0.2) is 9.67 Å². The molecule has 0 spiro atoms. The molecule has 1 aliphatic rings. The number of methoxy groups -OCH3 is 1. The first kappa shape index (κ1) is 24.1. The molecule has 0 saturated carbocycles. The first-order chi connectivity index (χ1) is 21.2. The Balaban J connectivity index is 1.50. The molecular weight excluding hydrogens is 520 g/mol. The quantitative estimate of drug-likeness (QED) is 0.279. The summed E-state index contributed by atoms with van der Waals surface area (Å²) in [6.07, 6.45) is 3.58. The second kappa shape index (κ2) is 12.6. The Morgan fingerprint density at radius 1 is 1.22 bits per heavy atom. The zero-order chi connectivity index (χ0) is 31.2. The van der Waals surface area contributed by atoms with Crippen LogP contribution in [0.4, 0.5) is 23.0 Å². The lowest BCUT2D eigenvalue weighted by Gasteiger charge is -2.31. The van der Waals surface area contributed by atoms with Crippen LogP contribution < -0.4 is 20.3 Å². The second-order valence-electron chi connectivity index (χ2n) is 9.66. The van der Waals surface area contributed by atoms with Crippen molar-refractivity contribution in [3.8, 4) is 22.8 Å². The highest BCUT2D eigenvalue weighted by Crippen LogP contribution is 2.38. The number of carbonyl (C=O) groups excluding carboxylic acids is 1. The lowest BCUT2D eigenvalue weighted by Crippen LogP contribution is -2.36. The molecule has 11 nitrogen and oxygen atoms in total. The molecule has 0 atom stereocenters. The smallest absolute Gasteiger partial charge is 0.247 e. The first-order valence-electron chi connectivity index (χ1n) is 14.6. The van der Waals surface area contributed by atoms with E-state index < -0.39 is 18.5 Å². The van der Waals surface area contributed by atoms with Gasteiger partial charge in [-0.3, -0.25) is 4.79 Å². The van der Waals surface area contributed by atoms with Crippen LogP contribution in [0.5, 0.6) is 5.75 Å². The zero-order valence-electron chi connectivity index (χ0n) is 26.2. The van der Waals surface area contributed by atoms with E-state index in [2.05, 4.69) is 20.5 Å². The number of morpholine rings is 1. The number of hydrogen-bond acceptors (Lipinski definition) is 9. The van der Waals surface area contributed by atoms with Crippen LogP contribution in [0.1, 0.15) is 9.68 Å². The Morgan fingerprint density at radius 3 is 2.76 bits per heavy atom. The summed E-state index contributed by atoms with van der Waals surface area (Å²) in [6.45, 7) is 2.01. The molecule has 1 amide bonds. The number of ether oxygens (including phenoxy) is 2. The Bertz CT molecular complexity index is 1650. The predicted octanol–water partition coefficient (Wildman–Crippen LogP) is 4.10. The molecule has 212 valence electrons. The van der Waals surface area contributed by atoms with Crippen molar-refractivity contribution in [3.63, 3.8) is 0 Å². The van der Waals surface area contributed by atoms with Gasteiger partial charge in [0.05, 0.1) is 47.2 Å². The summed E-state index contributed by atoms with van der Waals surface area (Å²) >= 11 is 0. The summed E-state index contributed by atoms with van der Waals surface area (Å²) in [7, 11) is 5.55. The number of amides is 1. The van der Waals surface area contributed by atoms with E-state index in [4.69, 9.17) is 23.7 Å². The van der Waals surface area contributed by atoms with E-state index >= 15 is 0 Å². The summed E-state index contributed by atoms with van der Waals surface area (Å²) < 4.78 is 35.5. The van der Waals surface area contributed by atoms with Crippen LogP contribution in [0.3, 0.4) is 0 Å². The lowest BCUT2D eigenvalue weighted by molar-refractivity contribution is -0.111. The monoisotopic (exact) mass is 557 g/mol. The Labute approximate surface area is 243 Å². The average Bonchev–Trinajstić information content (AvgIpc) is 3.45. The highest BCUT2D eigenvalue weighted by atomic mass is 16.5. The Morgan fingerprint density at radius 2 is 2.02 bits per heavy atom. The Hall–Kier alpha value is -4.74. The van der Waals surface area contributed by atoms with E-state index in [0.717, 1.165) is 16.8 Å². The van der Waals surface area contributed by atoms with Gasteiger partial charge in [-0.15, -0.1) is 0 Å². The van der Waals surface area contributed by atoms with Crippen molar-refractivity contribution >= 4 is 28.9 Å². The molecule has 0 radical (unpaired) electrons. The fourth-order valence-electron chi connectivity index (χ4n) is 4.64. The summed E-state index contributed by atoms with van der Waals surface area (Å²) in [5.41, 5.74) is 4.39. The highest BCUT2D eigenvalue weighted by Gasteiger charge is 2.20. The molecule has 11 heteroatoms. The van der Waals surface area contributed by atoms with Crippen LogP contribution in [0.2, 0.25) is 0 Å². The standard InChI is InChI=1S/C30H34N8O3/c1-5-28(39)32-23-17-24(26(40-4)18-25(23)37-13-15-41-16-14-37)33-30-31-12-11-27(34-30)38-20-22(19-36(2)3)29(35-38)21-9-7-6-8-10-21/h5-12,17-18,20H,1,13-16,19H2,2-4H3,(H,32,39)(H,31,33,34)/i1D2,5D. The fourth-order valence-corrected chi connectivity index (χ4v) is 4.64. The fraction of sp³-hybridized carbons (Fsp3) is 0.267. The molecule has 2 N–H and O–H groups in total. The van der Waals surface area contributed by atoms with Gasteiger partial charge in [0.15, 0.2) is 5.82 Å². The largest absolute Gasteiger partial charge is 0.494 e. The molecule has 5 rings (SSSR count). The maximum absolute atomic E-state index is 12.7. The van der Waals surface area contributed by atoms with E-state index in [1.807, 2.05) is 55.5 Å². The van der Waals surface area contributed by atoms with E-state index in [1.165, 1.54) is 7.11 Å². The van der Waals surface area contributed by atoms with Gasteiger partial charge in [-0.2, -0.15) is 10.1 Å². The van der Waals surface area contributed by atoms with Crippen molar-refractivity contribution in [2.75, 3.05) is 63.0 Å². The number of aromatic nitrogens is 4. The topological polar surface area (TPSA) is 110 Å². The number of carbonyl (C=O) groups is 1. The minimum Gasteiger partial charge on any atom is -0.494 e. The summed E-state index contributed by atoms with van der Waals surface area (Å²) in [5, 5.41) is 10.7. The molecule has 0 unspecified atom stereocenters. The maximum atomic E-state index is 12.7. The number of nitrogens with zero attached hydrogens (tertiary/aromatic N) is 6. The predicted molar refractivity (Wildman–Crippen MR) is 160 cm³/mol.